The molecule has 8 nitrogen and oxygen atoms in total. The third-order valence-corrected chi connectivity index (χ3v) is 6.52. The highest BCUT2D eigenvalue weighted by molar-refractivity contribution is 8.00. The summed E-state index contributed by atoms with van der Waals surface area (Å²) in [5, 5.41) is 13.2. The molecule has 33 heavy (non-hydrogen) atoms. The molecule has 1 atom stereocenters. The fraction of sp³-hybridized carbons (Fsp3) is 0.208. The monoisotopic (exact) mass is 458 g/mol. The Labute approximate surface area is 193 Å². The Morgan fingerprint density at radius 1 is 1.06 bits per heavy atom. The molecule has 0 radical (unpaired) electrons. The lowest BCUT2D eigenvalue weighted by Gasteiger charge is -2.14. The molecule has 166 valence electrons. The third-order valence-electron chi connectivity index (χ3n) is 5.48. The van der Waals surface area contributed by atoms with Crippen molar-refractivity contribution in [3.05, 3.63) is 71.1 Å². The van der Waals surface area contributed by atoms with E-state index in [0.29, 0.717) is 28.6 Å². The maximum absolute atomic E-state index is 13.0. The van der Waals surface area contributed by atoms with Gasteiger partial charge in [-0.2, -0.15) is 0 Å². The summed E-state index contributed by atoms with van der Waals surface area (Å²) < 4.78 is 3.51. The van der Waals surface area contributed by atoms with Gasteiger partial charge in [0.25, 0.3) is 5.56 Å². The van der Waals surface area contributed by atoms with Gasteiger partial charge in [0.15, 0.2) is 5.16 Å². The van der Waals surface area contributed by atoms with E-state index in [4.69, 9.17) is 0 Å². The van der Waals surface area contributed by atoms with Crippen LogP contribution in [0.5, 0.6) is 0 Å². The average molecular weight is 459 g/mol. The van der Waals surface area contributed by atoms with Crippen LogP contribution in [-0.2, 0) is 11.3 Å². The number of carbonyl (C=O) groups excluding carboxylic acids is 1. The van der Waals surface area contributed by atoms with Crippen molar-refractivity contribution in [1.82, 2.24) is 24.1 Å². The van der Waals surface area contributed by atoms with E-state index in [1.165, 1.54) is 11.8 Å². The molecule has 0 bridgehead atoms. The number of benzene rings is 2. The number of fused-ring (bicyclic) bond motifs is 4. The van der Waals surface area contributed by atoms with E-state index in [-0.39, 0.29) is 11.5 Å². The first-order valence-electron chi connectivity index (χ1n) is 10.8. The molecule has 5 rings (SSSR count). The molecule has 0 aliphatic rings. The van der Waals surface area contributed by atoms with Gasteiger partial charge in [0.1, 0.15) is 0 Å². The minimum atomic E-state index is -0.449. The lowest BCUT2D eigenvalue weighted by atomic mass is 10.2. The van der Waals surface area contributed by atoms with Gasteiger partial charge in [-0.1, -0.05) is 36.9 Å². The number of aryl methyl sites for hydroxylation is 1. The zero-order chi connectivity index (χ0) is 22.9. The van der Waals surface area contributed by atoms with E-state index < -0.39 is 5.25 Å². The van der Waals surface area contributed by atoms with Crippen LogP contribution in [0.2, 0.25) is 0 Å². The highest BCUT2D eigenvalue weighted by atomic mass is 32.2. The van der Waals surface area contributed by atoms with Crippen molar-refractivity contribution in [2.45, 2.75) is 37.2 Å². The number of pyridine rings is 1. The summed E-state index contributed by atoms with van der Waals surface area (Å²) in [4.78, 5) is 30.4. The van der Waals surface area contributed by atoms with Crippen LogP contribution in [0, 0.1) is 0 Å². The second kappa shape index (κ2) is 8.67. The number of hydrogen-bond donors (Lipinski definition) is 1. The van der Waals surface area contributed by atoms with Crippen molar-refractivity contribution < 1.29 is 4.79 Å². The first-order valence-corrected chi connectivity index (χ1v) is 11.6. The molecule has 0 fully saturated rings. The van der Waals surface area contributed by atoms with Gasteiger partial charge in [0.2, 0.25) is 11.7 Å². The van der Waals surface area contributed by atoms with E-state index in [9.17, 15) is 9.59 Å². The van der Waals surface area contributed by atoms with Gasteiger partial charge in [-0.25, -0.2) is 0 Å². The number of carbonyl (C=O) groups is 1. The second-order valence-corrected chi connectivity index (χ2v) is 9.02. The summed E-state index contributed by atoms with van der Waals surface area (Å²) in [6.07, 6.45) is 2.52. The first-order chi connectivity index (χ1) is 16.1. The van der Waals surface area contributed by atoms with Gasteiger partial charge in [0.05, 0.1) is 27.4 Å². The highest BCUT2D eigenvalue weighted by Crippen LogP contribution is 2.27. The molecule has 1 N–H and O–H groups in total. The molecular weight excluding hydrogens is 436 g/mol. The standard InChI is InChI=1S/C24H22N6O2S/c1-3-14-29-22(32)17-8-4-5-12-20(17)30-23(29)27-28-24(30)33-15(2)21(31)26-19-11-6-10-18-16(19)9-7-13-25-18/h4-13,15H,3,14H2,1-2H3,(H,26,31). The average Bonchev–Trinajstić information content (AvgIpc) is 3.25. The number of nitrogens with zero attached hydrogens (tertiary/aromatic N) is 5. The molecule has 0 spiro atoms. The van der Waals surface area contributed by atoms with E-state index in [0.717, 1.165) is 22.8 Å². The predicted molar refractivity (Wildman–Crippen MR) is 131 cm³/mol. The fourth-order valence-electron chi connectivity index (χ4n) is 3.89. The normalized spacial score (nSPS) is 12.4. The van der Waals surface area contributed by atoms with E-state index in [1.807, 2.05) is 72.8 Å². The first kappa shape index (κ1) is 21.1. The lowest BCUT2D eigenvalue weighted by molar-refractivity contribution is -0.115. The summed E-state index contributed by atoms with van der Waals surface area (Å²) >= 11 is 1.31. The molecule has 5 aromatic rings. The summed E-state index contributed by atoms with van der Waals surface area (Å²) in [5.74, 6) is 0.329. The minimum absolute atomic E-state index is 0.0840. The van der Waals surface area contributed by atoms with Crippen molar-refractivity contribution in [2.75, 3.05) is 5.32 Å². The number of rotatable bonds is 6. The van der Waals surface area contributed by atoms with Gasteiger partial charge in [-0.3, -0.25) is 23.5 Å². The second-order valence-electron chi connectivity index (χ2n) is 7.72. The van der Waals surface area contributed by atoms with Crippen LogP contribution in [0.15, 0.2) is 70.7 Å². The van der Waals surface area contributed by atoms with Crippen LogP contribution in [0.3, 0.4) is 0 Å². The molecular formula is C24H22N6O2S. The Kier molecular flexibility index (Phi) is 5.55. The van der Waals surface area contributed by atoms with Crippen LogP contribution in [0.1, 0.15) is 20.3 Å². The molecule has 1 unspecified atom stereocenters. The Morgan fingerprint density at radius 3 is 2.73 bits per heavy atom. The SMILES string of the molecule is CCCn1c(=O)c2ccccc2n2c(SC(C)C(=O)Nc3cccc4ncccc34)nnc12. The smallest absolute Gasteiger partial charge is 0.262 e. The van der Waals surface area contributed by atoms with Crippen LogP contribution in [0.25, 0.3) is 27.6 Å². The van der Waals surface area contributed by atoms with Crippen molar-refractivity contribution in [1.29, 1.82) is 0 Å². The fourth-order valence-corrected chi connectivity index (χ4v) is 4.75. The topological polar surface area (TPSA) is 94.2 Å². The Hall–Kier alpha value is -3.72. The largest absolute Gasteiger partial charge is 0.324 e. The van der Waals surface area contributed by atoms with Crippen molar-refractivity contribution in [3.63, 3.8) is 0 Å². The molecule has 9 heteroatoms. The molecule has 2 aromatic carbocycles. The van der Waals surface area contributed by atoms with Crippen molar-refractivity contribution in [2.24, 2.45) is 0 Å². The number of anilines is 1. The molecule has 0 saturated heterocycles. The lowest BCUT2D eigenvalue weighted by Crippen LogP contribution is -2.24. The Bertz CT molecular complexity index is 1550. The molecule has 1 amide bonds. The van der Waals surface area contributed by atoms with Crippen molar-refractivity contribution in [3.8, 4) is 0 Å². The number of amides is 1. The minimum Gasteiger partial charge on any atom is -0.324 e. The quantitative estimate of drug-likeness (QED) is 0.385. The summed E-state index contributed by atoms with van der Waals surface area (Å²) in [6.45, 7) is 4.38. The van der Waals surface area contributed by atoms with Crippen LogP contribution in [-0.4, -0.2) is 35.3 Å². The molecule has 3 heterocycles. The number of nitrogens with one attached hydrogen (secondary N) is 1. The summed E-state index contributed by atoms with van der Waals surface area (Å²) in [6, 6.07) is 16.8. The predicted octanol–water partition coefficient (Wildman–Crippen LogP) is 4.12. The zero-order valence-electron chi connectivity index (χ0n) is 18.2. The number of para-hydroxylation sites is 1. The Balaban J connectivity index is 1.50. The Morgan fingerprint density at radius 2 is 1.88 bits per heavy atom. The zero-order valence-corrected chi connectivity index (χ0v) is 19.0. The summed E-state index contributed by atoms with van der Waals surface area (Å²) in [7, 11) is 0. The molecule has 0 aliphatic carbocycles. The number of hydrogen-bond acceptors (Lipinski definition) is 6. The van der Waals surface area contributed by atoms with Crippen LogP contribution in [0.4, 0.5) is 5.69 Å². The van der Waals surface area contributed by atoms with Gasteiger partial charge < -0.3 is 5.32 Å². The summed E-state index contributed by atoms with van der Waals surface area (Å²) in [5.41, 5.74) is 2.18. The van der Waals surface area contributed by atoms with Crippen LogP contribution >= 0.6 is 11.8 Å². The maximum Gasteiger partial charge on any atom is 0.262 e. The van der Waals surface area contributed by atoms with Gasteiger partial charge in [-0.15, -0.1) is 10.2 Å². The van der Waals surface area contributed by atoms with Crippen molar-refractivity contribution >= 4 is 50.9 Å². The van der Waals surface area contributed by atoms with Gasteiger partial charge in [-0.05, 0) is 49.7 Å². The third kappa shape index (κ3) is 3.74. The maximum atomic E-state index is 13.0. The van der Waals surface area contributed by atoms with E-state index >= 15 is 0 Å². The highest BCUT2D eigenvalue weighted by Gasteiger charge is 2.22. The molecule has 0 saturated carbocycles. The molecule has 0 aliphatic heterocycles. The number of aromatic nitrogens is 5. The van der Waals surface area contributed by atoms with E-state index in [2.05, 4.69) is 20.5 Å². The molecule has 3 aromatic heterocycles. The van der Waals surface area contributed by atoms with Crippen LogP contribution < -0.4 is 10.9 Å². The number of thioether (sulfide) groups is 1. The van der Waals surface area contributed by atoms with Gasteiger partial charge >= 0.3 is 0 Å². The van der Waals surface area contributed by atoms with E-state index in [1.54, 1.807) is 10.8 Å². The van der Waals surface area contributed by atoms with Gasteiger partial charge in [0, 0.05) is 18.1 Å².